The maximum atomic E-state index is 10.6. The molecule has 26 heavy (non-hydrogen) atoms. The Morgan fingerprint density at radius 2 is 0.808 bits per heavy atom. The average Bonchev–Trinajstić information content (AvgIpc) is 2.49. The number of phenolic OH excluding ortho intramolecular Hbond substituents is 2. The van der Waals surface area contributed by atoms with Gasteiger partial charge in [0.05, 0.1) is 0 Å². The quantitative estimate of drug-likeness (QED) is 0.447. The molecule has 0 amide bonds. The Kier molecular flexibility index (Phi) is 4.03. The van der Waals surface area contributed by atoms with Gasteiger partial charge in [0.2, 0.25) is 0 Å². The molecule has 0 atom stereocenters. The van der Waals surface area contributed by atoms with E-state index in [1.165, 1.54) is 0 Å². The molecule has 138 valence electrons. The van der Waals surface area contributed by atoms with Gasteiger partial charge in [0, 0.05) is 0 Å². The lowest BCUT2D eigenvalue weighted by Gasteiger charge is -2.24. The van der Waals surface area contributed by atoms with Crippen molar-refractivity contribution in [1.29, 1.82) is 0 Å². The smallest absolute Gasteiger partial charge is 0.119 e. The molecule has 0 unspecified atom stereocenters. The van der Waals surface area contributed by atoms with Crippen molar-refractivity contribution in [3.8, 4) is 11.5 Å². The van der Waals surface area contributed by atoms with Gasteiger partial charge in [-0.1, -0.05) is 41.5 Å². The van der Waals surface area contributed by atoms with Gasteiger partial charge in [-0.25, -0.2) is 0 Å². The molecule has 0 aliphatic carbocycles. The second-order valence-corrected chi connectivity index (χ2v) is 9.58. The van der Waals surface area contributed by atoms with E-state index in [2.05, 4.69) is 67.5 Å². The first-order chi connectivity index (χ1) is 11.8. The summed E-state index contributed by atoms with van der Waals surface area (Å²) in [5, 5.41) is 25.7. The largest absolute Gasteiger partial charge is 0.508 e. The Hall–Kier alpha value is -2.22. The van der Waals surface area contributed by atoms with Crippen LogP contribution in [0.5, 0.6) is 11.5 Å². The Balaban J connectivity index is 2.49. The highest BCUT2D eigenvalue weighted by Gasteiger charge is 2.23. The van der Waals surface area contributed by atoms with Crippen molar-refractivity contribution in [2.75, 3.05) is 0 Å². The Morgan fingerprint density at radius 1 is 0.538 bits per heavy atom. The topological polar surface area (TPSA) is 40.5 Å². The second-order valence-electron chi connectivity index (χ2n) is 9.58. The molecule has 0 radical (unpaired) electrons. The molecule has 0 bridgehead atoms. The standard InChI is InChI=1S/C24H30O2/c1-13-15-9-19(23(3,4)5)22(26)12-18(15)14(2)16-10-20(24(6,7)8)21(25)11-17(13)16/h9-12,25-26H,1-8H3. The zero-order chi connectivity index (χ0) is 19.6. The van der Waals surface area contributed by atoms with Crippen LogP contribution in [-0.4, -0.2) is 10.2 Å². The van der Waals surface area contributed by atoms with Gasteiger partial charge in [0.25, 0.3) is 0 Å². The van der Waals surface area contributed by atoms with Gasteiger partial charge in [-0.05, 0) is 92.7 Å². The molecule has 3 aromatic rings. The van der Waals surface area contributed by atoms with Crippen LogP contribution in [0.15, 0.2) is 24.3 Å². The molecular weight excluding hydrogens is 320 g/mol. The van der Waals surface area contributed by atoms with Crippen LogP contribution in [0.1, 0.15) is 63.8 Å². The fourth-order valence-corrected chi connectivity index (χ4v) is 3.91. The van der Waals surface area contributed by atoms with E-state index in [1.54, 1.807) is 0 Å². The molecule has 0 aliphatic rings. The number of benzene rings is 3. The van der Waals surface area contributed by atoms with E-state index in [9.17, 15) is 10.2 Å². The fraction of sp³-hybridized carbons (Fsp3) is 0.417. The summed E-state index contributed by atoms with van der Waals surface area (Å²) in [6, 6.07) is 8.03. The lowest BCUT2D eigenvalue weighted by Crippen LogP contribution is -2.12. The molecule has 0 fully saturated rings. The molecule has 2 nitrogen and oxygen atoms in total. The number of aryl methyl sites for hydroxylation is 2. The van der Waals surface area contributed by atoms with E-state index >= 15 is 0 Å². The van der Waals surface area contributed by atoms with Crippen LogP contribution < -0.4 is 0 Å². The van der Waals surface area contributed by atoms with Crippen LogP contribution >= 0.6 is 0 Å². The highest BCUT2D eigenvalue weighted by molar-refractivity contribution is 6.07. The van der Waals surface area contributed by atoms with Crippen molar-refractivity contribution in [3.05, 3.63) is 46.5 Å². The van der Waals surface area contributed by atoms with E-state index < -0.39 is 0 Å². The minimum atomic E-state index is -0.133. The Bertz CT molecular complexity index is 943. The predicted molar refractivity (Wildman–Crippen MR) is 112 cm³/mol. The highest BCUT2D eigenvalue weighted by atomic mass is 16.3. The van der Waals surface area contributed by atoms with E-state index in [0.717, 1.165) is 43.8 Å². The molecular formula is C24H30O2. The second kappa shape index (κ2) is 5.64. The summed E-state index contributed by atoms with van der Waals surface area (Å²) < 4.78 is 0. The average molecular weight is 351 g/mol. The molecule has 2 heteroatoms. The number of phenols is 2. The monoisotopic (exact) mass is 350 g/mol. The van der Waals surface area contributed by atoms with Crippen LogP contribution in [0.3, 0.4) is 0 Å². The molecule has 2 N–H and O–H groups in total. The van der Waals surface area contributed by atoms with E-state index in [0.29, 0.717) is 11.5 Å². The maximum absolute atomic E-state index is 10.6. The van der Waals surface area contributed by atoms with Crippen LogP contribution in [0.4, 0.5) is 0 Å². The van der Waals surface area contributed by atoms with Crippen molar-refractivity contribution in [2.24, 2.45) is 0 Å². The van der Waals surface area contributed by atoms with Gasteiger partial charge >= 0.3 is 0 Å². The minimum absolute atomic E-state index is 0.133. The lowest BCUT2D eigenvalue weighted by atomic mass is 9.81. The summed E-state index contributed by atoms with van der Waals surface area (Å²) in [5.41, 5.74) is 3.91. The Morgan fingerprint density at radius 3 is 1.08 bits per heavy atom. The van der Waals surface area contributed by atoms with Crippen molar-refractivity contribution in [1.82, 2.24) is 0 Å². The van der Waals surface area contributed by atoms with Gasteiger partial charge in [-0.2, -0.15) is 0 Å². The first-order valence-electron chi connectivity index (χ1n) is 9.26. The number of hydrogen-bond donors (Lipinski definition) is 2. The van der Waals surface area contributed by atoms with E-state index in [-0.39, 0.29) is 10.8 Å². The number of aromatic hydroxyl groups is 2. The summed E-state index contributed by atoms with van der Waals surface area (Å²) in [6.45, 7) is 16.9. The molecule has 0 spiro atoms. The molecule has 0 heterocycles. The zero-order valence-electron chi connectivity index (χ0n) is 17.2. The SMILES string of the molecule is Cc1c2cc(O)c(C(C)(C)C)cc2c(C)c2cc(O)c(C(C)(C)C)cc12. The van der Waals surface area contributed by atoms with Crippen molar-refractivity contribution in [2.45, 2.75) is 66.2 Å². The van der Waals surface area contributed by atoms with E-state index in [1.807, 2.05) is 12.1 Å². The minimum Gasteiger partial charge on any atom is -0.508 e. The lowest BCUT2D eigenvalue weighted by molar-refractivity contribution is 0.447. The summed E-state index contributed by atoms with van der Waals surface area (Å²) in [6.07, 6.45) is 0. The molecule has 0 aliphatic heterocycles. The zero-order valence-corrected chi connectivity index (χ0v) is 17.2. The number of rotatable bonds is 0. The van der Waals surface area contributed by atoms with Gasteiger partial charge in [-0.15, -0.1) is 0 Å². The van der Waals surface area contributed by atoms with Crippen LogP contribution in [0.25, 0.3) is 21.5 Å². The van der Waals surface area contributed by atoms with Gasteiger partial charge < -0.3 is 10.2 Å². The first kappa shape index (κ1) is 18.6. The molecule has 3 aromatic carbocycles. The van der Waals surface area contributed by atoms with Crippen molar-refractivity contribution in [3.63, 3.8) is 0 Å². The van der Waals surface area contributed by atoms with Gasteiger partial charge in [0.1, 0.15) is 11.5 Å². The Labute approximate surface area is 156 Å². The van der Waals surface area contributed by atoms with Gasteiger partial charge in [0.15, 0.2) is 0 Å². The van der Waals surface area contributed by atoms with Gasteiger partial charge in [-0.3, -0.25) is 0 Å². The third-order valence-corrected chi connectivity index (χ3v) is 5.50. The van der Waals surface area contributed by atoms with E-state index in [4.69, 9.17) is 0 Å². The summed E-state index contributed by atoms with van der Waals surface area (Å²) >= 11 is 0. The highest BCUT2D eigenvalue weighted by Crippen LogP contribution is 2.42. The molecule has 0 aromatic heterocycles. The normalized spacial score (nSPS) is 12.9. The third-order valence-electron chi connectivity index (χ3n) is 5.50. The van der Waals surface area contributed by atoms with Crippen LogP contribution in [0.2, 0.25) is 0 Å². The molecule has 0 saturated carbocycles. The summed E-state index contributed by atoms with van der Waals surface area (Å²) in [7, 11) is 0. The van der Waals surface area contributed by atoms with Crippen molar-refractivity contribution < 1.29 is 10.2 Å². The summed E-state index contributed by atoms with van der Waals surface area (Å²) in [5.74, 6) is 0.698. The number of fused-ring (bicyclic) bond motifs is 2. The predicted octanol–water partition coefficient (Wildman–Crippen LogP) is 6.62. The first-order valence-corrected chi connectivity index (χ1v) is 9.26. The molecule has 0 saturated heterocycles. The van der Waals surface area contributed by atoms with Crippen LogP contribution in [0, 0.1) is 13.8 Å². The molecule has 3 rings (SSSR count). The summed E-state index contributed by atoms with van der Waals surface area (Å²) in [4.78, 5) is 0. The maximum Gasteiger partial charge on any atom is 0.119 e. The number of hydrogen-bond acceptors (Lipinski definition) is 2. The fourth-order valence-electron chi connectivity index (χ4n) is 3.91. The third kappa shape index (κ3) is 2.82. The van der Waals surface area contributed by atoms with Crippen LogP contribution in [-0.2, 0) is 10.8 Å². The van der Waals surface area contributed by atoms with Crippen molar-refractivity contribution >= 4 is 21.5 Å².